The van der Waals surface area contributed by atoms with Gasteiger partial charge in [-0.15, -0.1) is 0 Å². The first kappa shape index (κ1) is 30.9. The Kier molecular flexibility index (Phi) is 10.5. The van der Waals surface area contributed by atoms with Crippen molar-refractivity contribution in [3.8, 4) is 0 Å². The highest BCUT2D eigenvalue weighted by Crippen LogP contribution is 2.35. The second kappa shape index (κ2) is 13.2. The number of sulfonamides is 1. The molecule has 0 saturated heterocycles. The van der Waals surface area contributed by atoms with Gasteiger partial charge in [0, 0.05) is 17.1 Å². The average Bonchev–Trinajstić information content (AvgIpc) is 2.87. The van der Waals surface area contributed by atoms with Crippen molar-refractivity contribution in [2.45, 2.75) is 51.2 Å². The highest BCUT2D eigenvalue weighted by Gasteiger charge is 2.33. The van der Waals surface area contributed by atoms with Crippen LogP contribution in [-0.4, -0.2) is 43.8 Å². The van der Waals surface area contributed by atoms with E-state index in [1.165, 1.54) is 29.2 Å². The van der Waals surface area contributed by atoms with Crippen LogP contribution in [0.25, 0.3) is 0 Å². The molecule has 39 heavy (non-hydrogen) atoms. The molecule has 3 aromatic rings. The van der Waals surface area contributed by atoms with Crippen LogP contribution in [0.3, 0.4) is 0 Å². The number of benzene rings is 3. The van der Waals surface area contributed by atoms with Crippen molar-refractivity contribution in [3.63, 3.8) is 0 Å². The van der Waals surface area contributed by atoms with Crippen LogP contribution in [0.2, 0.25) is 10.0 Å². The summed E-state index contributed by atoms with van der Waals surface area (Å²) in [5.41, 5.74) is 1.69. The first-order valence-corrected chi connectivity index (χ1v) is 15.2. The summed E-state index contributed by atoms with van der Waals surface area (Å²) in [4.78, 5) is 28.2. The van der Waals surface area contributed by atoms with Crippen molar-refractivity contribution in [2.75, 3.05) is 10.8 Å². The number of halogens is 3. The van der Waals surface area contributed by atoms with E-state index < -0.39 is 28.5 Å². The predicted octanol–water partition coefficient (Wildman–Crippen LogP) is 6.20. The van der Waals surface area contributed by atoms with Crippen LogP contribution in [0.15, 0.2) is 76.1 Å². The van der Waals surface area contributed by atoms with Crippen molar-refractivity contribution in [1.82, 2.24) is 10.2 Å². The van der Waals surface area contributed by atoms with Crippen molar-refractivity contribution < 1.29 is 18.0 Å². The molecule has 0 fully saturated rings. The summed E-state index contributed by atoms with van der Waals surface area (Å²) in [5.74, 6) is -0.949. The highest BCUT2D eigenvalue weighted by atomic mass is 79.9. The smallest absolute Gasteiger partial charge is 0.264 e. The van der Waals surface area contributed by atoms with Crippen LogP contribution in [0.1, 0.15) is 31.9 Å². The first-order valence-electron chi connectivity index (χ1n) is 12.2. The van der Waals surface area contributed by atoms with Crippen LogP contribution in [-0.2, 0) is 26.2 Å². The Morgan fingerprint density at radius 3 is 2.23 bits per heavy atom. The van der Waals surface area contributed by atoms with E-state index in [2.05, 4.69) is 21.2 Å². The van der Waals surface area contributed by atoms with E-state index in [4.69, 9.17) is 23.2 Å². The lowest BCUT2D eigenvalue weighted by Crippen LogP contribution is -2.52. The summed E-state index contributed by atoms with van der Waals surface area (Å²) in [5, 5.41) is 2.96. The Labute approximate surface area is 248 Å². The van der Waals surface area contributed by atoms with Gasteiger partial charge in [-0.1, -0.05) is 75.0 Å². The summed E-state index contributed by atoms with van der Waals surface area (Å²) in [6.45, 7) is 6.56. The molecule has 0 radical (unpaired) electrons. The normalized spacial score (nSPS) is 12.2. The van der Waals surface area contributed by atoms with E-state index in [-0.39, 0.29) is 39.1 Å². The molecule has 0 unspecified atom stereocenters. The van der Waals surface area contributed by atoms with Gasteiger partial charge in [0.1, 0.15) is 12.6 Å². The molecule has 1 atom stereocenters. The molecule has 3 aromatic carbocycles. The zero-order valence-electron chi connectivity index (χ0n) is 22.0. The van der Waals surface area contributed by atoms with Gasteiger partial charge in [0.05, 0.1) is 20.6 Å². The molecule has 0 saturated carbocycles. The number of carbonyl (C=O) groups is 2. The Hall–Kier alpha value is -2.59. The zero-order chi connectivity index (χ0) is 28.9. The molecule has 0 bridgehead atoms. The lowest BCUT2D eigenvalue weighted by atomic mass is 10.1. The molecule has 0 aliphatic carbocycles. The molecular weight excluding hydrogens is 625 g/mol. The number of rotatable bonds is 10. The number of nitrogens with zero attached hydrogens (tertiary/aromatic N) is 2. The van der Waals surface area contributed by atoms with Gasteiger partial charge in [-0.2, -0.15) is 0 Å². The van der Waals surface area contributed by atoms with Crippen molar-refractivity contribution in [2.24, 2.45) is 0 Å². The molecule has 0 aliphatic heterocycles. The quantitative estimate of drug-likeness (QED) is 0.282. The minimum Gasteiger partial charge on any atom is -0.352 e. The maximum atomic E-state index is 13.9. The van der Waals surface area contributed by atoms with E-state index >= 15 is 0 Å². The monoisotopic (exact) mass is 653 g/mol. The summed E-state index contributed by atoms with van der Waals surface area (Å²) >= 11 is 16.1. The number of hydrogen-bond acceptors (Lipinski definition) is 4. The Morgan fingerprint density at radius 2 is 1.62 bits per heavy atom. The SMILES string of the molecule is Cc1ccc(S(=O)(=O)N(CC(=O)N(Cc2cccc(Br)c2)[C@@H](C)C(=O)NC(C)C)c2cccc(Cl)c2Cl)cc1. The summed E-state index contributed by atoms with van der Waals surface area (Å²) < 4.78 is 29.5. The highest BCUT2D eigenvalue weighted by molar-refractivity contribution is 9.10. The van der Waals surface area contributed by atoms with Gasteiger partial charge in [0.15, 0.2) is 0 Å². The summed E-state index contributed by atoms with van der Waals surface area (Å²) in [7, 11) is -4.25. The minimum absolute atomic E-state index is 0.00760. The predicted molar refractivity (Wildman–Crippen MR) is 160 cm³/mol. The fourth-order valence-electron chi connectivity index (χ4n) is 3.86. The zero-order valence-corrected chi connectivity index (χ0v) is 25.9. The van der Waals surface area contributed by atoms with Crippen LogP contribution >= 0.6 is 39.1 Å². The molecular formula is C28H30BrCl2N3O4S. The first-order chi connectivity index (χ1) is 18.3. The van der Waals surface area contributed by atoms with Crippen LogP contribution in [0.4, 0.5) is 5.69 Å². The van der Waals surface area contributed by atoms with Gasteiger partial charge < -0.3 is 10.2 Å². The lowest BCUT2D eigenvalue weighted by Gasteiger charge is -2.32. The molecule has 0 aliphatic rings. The fourth-order valence-corrected chi connectivity index (χ4v) is 6.18. The van der Waals surface area contributed by atoms with Gasteiger partial charge in [-0.3, -0.25) is 13.9 Å². The number of amides is 2. The maximum Gasteiger partial charge on any atom is 0.264 e. The van der Waals surface area contributed by atoms with E-state index in [1.807, 2.05) is 45.0 Å². The number of carbonyl (C=O) groups excluding carboxylic acids is 2. The third-order valence-electron chi connectivity index (χ3n) is 5.93. The molecule has 3 rings (SSSR count). The van der Waals surface area contributed by atoms with Crippen LogP contribution in [0, 0.1) is 6.92 Å². The molecule has 1 N–H and O–H groups in total. The fraction of sp³-hybridized carbons (Fsp3) is 0.286. The van der Waals surface area contributed by atoms with Crippen LogP contribution < -0.4 is 9.62 Å². The van der Waals surface area contributed by atoms with Gasteiger partial charge in [-0.05, 0) is 69.7 Å². The Bertz CT molecular complexity index is 1450. The van der Waals surface area contributed by atoms with Gasteiger partial charge in [-0.25, -0.2) is 8.42 Å². The van der Waals surface area contributed by atoms with Crippen molar-refractivity contribution in [3.05, 3.63) is 92.4 Å². The largest absolute Gasteiger partial charge is 0.352 e. The van der Waals surface area contributed by atoms with E-state index in [0.717, 1.165) is 19.9 Å². The van der Waals surface area contributed by atoms with E-state index in [1.54, 1.807) is 25.1 Å². The number of aryl methyl sites for hydroxylation is 1. The number of nitrogens with one attached hydrogen (secondary N) is 1. The summed E-state index contributed by atoms with van der Waals surface area (Å²) in [6, 6.07) is 17.2. The third kappa shape index (κ3) is 7.75. The molecule has 0 spiro atoms. The van der Waals surface area contributed by atoms with Crippen molar-refractivity contribution >= 4 is 66.7 Å². The van der Waals surface area contributed by atoms with Gasteiger partial charge in [0.25, 0.3) is 10.0 Å². The second-order valence-corrected chi connectivity index (χ2v) is 13.0. The average molecular weight is 655 g/mol. The molecule has 208 valence electrons. The van der Waals surface area contributed by atoms with Crippen LogP contribution in [0.5, 0.6) is 0 Å². The van der Waals surface area contributed by atoms with E-state index in [0.29, 0.717) is 0 Å². The summed E-state index contributed by atoms with van der Waals surface area (Å²) in [6.07, 6.45) is 0. The molecule has 0 heterocycles. The van der Waals surface area contributed by atoms with Gasteiger partial charge in [0.2, 0.25) is 11.8 Å². The molecule has 0 aromatic heterocycles. The lowest BCUT2D eigenvalue weighted by molar-refractivity contribution is -0.139. The number of anilines is 1. The second-order valence-electron chi connectivity index (χ2n) is 9.39. The third-order valence-corrected chi connectivity index (χ3v) is 9.00. The maximum absolute atomic E-state index is 13.9. The Balaban J connectivity index is 2.08. The number of hydrogen-bond donors (Lipinski definition) is 1. The van der Waals surface area contributed by atoms with E-state index in [9.17, 15) is 18.0 Å². The topological polar surface area (TPSA) is 86.8 Å². The van der Waals surface area contributed by atoms with Crippen molar-refractivity contribution in [1.29, 1.82) is 0 Å². The molecule has 2 amide bonds. The Morgan fingerprint density at radius 1 is 0.974 bits per heavy atom. The molecule has 7 nitrogen and oxygen atoms in total. The standard InChI is InChI=1S/C28H30BrCl2N3O4S/c1-18(2)32-28(36)20(4)33(16-21-7-5-8-22(29)15-21)26(35)17-34(25-10-6-9-24(30)27(25)31)39(37,38)23-13-11-19(3)12-14-23/h5-15,18,20H,16-17H2,1-4H3,(H,32,36)/t20-/m0/s1. The molecule has 11 heteroatoms. The minimum atomic E-state index is -4.25. The van der Waals surface area contributed by atoms with Gasteiger partial charge >= 0.3 is 0 Å².